The van der Waals surface area contributed by atoms with E-state index in [0.29, 0.717) is 11.1 Å². The van der Waals surface area contributed by atoms with Gasteiger partial charge in [-0.05, 0) is 48.7 Å². The number of benzene rings is 1. The average molecular weight is 749 g/mol. The number of aromatic nitrogens is 4. The molecular weight excluding hydrogens is 731 g/mol. The van der Waals surface area contributed by atoms with Crippen LogP contribution in [0.4, 0.5) is 8.78 Å². The number of aromatic carboxylic acids is 3. The Kier molecular flexibility index (Phi) is 15.7. The molecule has 0 saturated heterocycles. The molecule has 0 aliphatic carbocycles. The van der Waals surface area contributed by atoms with E-state index in [2.05, 4.69) is 26.1 Å². The summed E-state index contributed by atoms with van der Waals surface area (Å²) in [6.45, 7) is 0. The Hall–Kier alpha value is -5.26. The van der Waals surface area contributed by atoms with Crippen molar-refractivity contribution >= 4 is 17.9 Å². The number of carbonyl (C=O) groups excluding carboxylic acids is 3. The van der Waals surface area contributed by atoms with Crippen molar-refractivity contribution in [3.63, 3.8) is 0 Å². The Morgan fingerprint density at radius 2 is 1.05 bits per heavy atom. The molecule has 0 amide bonds. The van der Waals surface area contributed by atoms with Gasteiger partial charge in [0.25, 0.3) is 0 Å². The molecule has 0 bridgehead atoms. The smallest absolute Gasteiger partial charge is 0.543 e. The van der Waals surface area contributed by atoms with Gasteiger partial charge >= 0.3 is 20.1 Å². The van der Waals surface area contributed by atoms with E-state index in [1.807, 2.05) is 0 Å². The summed E-state index contributed by atoms with van der Waals surface area (Å²) in [4.78, 5) is 44.4. The number of carboxylic acid groups (broad SMARTS) is 3. The molecule has 10 nitrogen and oxygen atoms in total. The van der Waals surface area contributed by atoms with Crippen molar-refractivity contribution in [2.75, 3.05) is 0 Å². The number of hydrogen-bond donors (Lipinski definition) is 0. The van der Waals surface area contributed by atoms with E-state index in [9.17, 15) is 38.5 Å². The Labute approximate surface area is 251 Å². The van der Waals surface area contributed by atoms with Crippen molar-refractivity contribution in [3.8, 4) is 11.1 Å². The summed E-state index contributed by atoms with van der Waals surface area (Å²) in [5.74, 6) is -4.91. The minimum Gasteiger partial charge on any atom is -0.543 e. The molecule has 0 fully saturated rings. The number of rotatable bonds is 4. The van der Waals surface area contributed by atoms with Crippen LogP contribution in [0, 0.1) is 17.8 Å². The number of halogens is 2. The molecule has 0 aliphatic rings. The number of pyridine rings is 4. The summed E-state index contributed by atoms with van der Waals surface area (Å²) in [6, 6.07) is 20.6. The fraction of sp³-hybridized carbons (Fsp3) is 0. The normalized spacial score (nSPS) is 9.10. The maximum atomic E-state index is 13.2. The Morgan fingerprint density at radius 1 is 0.595 bits per heavy atom. The summed E-state index contributed by atoms with van der Waals surface area (Å²) in [5, 5.41) is 30.1. The van der Waals surface area contributed by atoms with Crippen molar-refractivity contribution in [2.24, 2.45) is 0 Å². The van der Waals surface area contributed by atoms with E-state index >= 15 is 0 Å². The quantitative estimate of drug-likeness (QED) is 0.243. The van der Waals surface area contributed by atoms with Crippen molar-refractivity contribution in [2.45, 2.75) is 0 Å². The SMILES string of the molecule is Fc1ccc(-c2[c-]nccc2)c(F)c1.O=C([O-])c1ccccn1.O=C([O-])c1ccccn1.O=C([O-])c1ccccn1.[Ir+3]. The second kappa shape index (κ2) is 18.9. The Morgan fingerprint density at radius 3 is 1.33 bits per heavy atom. The molecule has 0 saturated carbocycles. The van der Waals surface area contributed by atoms with Crippen LogP contribution in [0.25, 0.3) is 11.1 Å². The first kappa shape index (κ1) is 34.8. The van der Waals surface area contributed by atoms with Crippen molar-refractivity contribution in [1.82, 2.24) is 19.9 Å². The van der Waals surface area contributed by atoms with E-state index in [0.717, 1.165) is 6.07 Å². The molecule has 5 aromatic rings. The summed E-state index contributed by atoms with van der Waals surface area (Å²) in [7, 11) is 0. The van der Waals surface area contributed by atoms with Crippen LogP contribution in [-0.4, -0.2) is 37.8 Å². The van der Waals surface area contributed by atoms with Gasteiger partial charge in [-0.25, -0.2) is 8.78 Å². The number of carboxylic acids is 3. The Bertz CT molecular complexity index is 1420. The topological polar surface area (TPSA) is 172 Å². The van der Waals surface area contributed by atoms with Crippen LogP contribution in [0.1, 0.15) is 31.5 Å². The third-order valence-corrected chi connectivity index (χ3v) is 4.45. The van der Waals surface area contributed by atoms with Crippen LogP contribution in [0.2, 0.25) is 0 Å². The maximum Gasteiger partial charge on any atom is 3.00 e. The molecule has 42 heavy (non-hydrogen) atoms. The van der Waals surface area contributed by atoms with Gasteiger partial charge in [-0.15, -0.1) is 17.7 Å². The summed E-state index contributed by atoms with van der Waals surface area (Å²) >= 11 is 0. The minimum atomic E-state index is -1.24. The summed E-state index contributed by atoms with van der Waals surface area (Å²) in [6.07, 6.45) is 8.40. The molecule has 0 spiro atoms. The van der Waals surface area contributed by atoms with Crippen LogP contribution < -0.4 is 15.3 Å². The monoisotopic (exact) mass is 749 g/mol. The van der Waals surface area contributed by atoms with Gasteiger partial charge in [-0.1, -0.05) is 36.0 Å². The van der Waals surface area contributed by atoms with Crippen LogP contribution >= 0.6 is 0 Å². The van der Waals surface area contributed by atoms with Crippen molar-refractivity contribution in [3.05, 3.63) is 145 Å². The molecule has 214 valence electrons. The molecule has 0 N–H and O–H groups in total. The van der Waals surface area contributed by atoms with Gasteiger partial charge < -0.3 is 34.7 Å². The van der Waals surface area contributed by atoms with E-state index in [4.69, 9.17) is 0 Å². The van der Waals surface area contributed by atoms with E-state index in [1.165, 1.54) is 48.9 Å². The molecule has 0 atom stereocenters. The zero-order valence-electron chi connectivity index (χ0n) is 21.2. The molecule has 4 aromatic heterocycles. The average Bonchev–Trinajstić information content (AvgIpc) is 3.00. The van der Waals surface area contributed by atoms with Crippen LogP contribution in [0.15, 0.2) is 110 Å². The second-order valence-electron chi connectivity index (χ2n) is 7.29. The van der Waals surface area contributed by atoms with E-state index < -0.39 is 29.5 Å². The summed E-state index contributed by atoms with van der Waals surface area (Å²) in [5.41, 5.74) is 0.733. The van der Waals surface area contributed by atoms with Gasteiger partial charge in [-0.2, -0.15) is 0 Å². The number of carbonyl (C=O) groups is 3. The Balaban J connectivity index is 0.000000284. The van der Waals surface area contributed by atoms with Gasteiger partial charge in [0.1, 0.15) is 5.82 Å². The van der Waals surface area contributed by atoms with E-state index in [1.54, 1.807) is 54.7 Å². The fourth-order valence-corrected chi connectivity index (χ4v) is 2.63. The summed E-state index contributed by atoms with van der Waals surface area (Å²) < 4.78 is 25.8. The molecule has 5 rings (SSSR count). The largest absolute Gasteiger partial charge is 3.00 e. The van der Waals surface area contributed by atoms with Crippen LogP contribution in [-0.2, 0) is 20.1 Å². The first-order valence-corrected chi connectivity index (χ1v) is 11.3. The second-order valence-corrected chi connectivity index (χ2v) is 7.29. The first-order chi connectivity index (χ1) is 19.7. The molecule has 13 heteroatoms. The third kappa shape index (κ3) is 12.7. The van der Waals surface area contributed by atoms with Crippen LogP contribution in [0.3, 0.4) is 0 Å². The number of hydrogen-bond acceptors (Lipinski definition) is 10. The van der Waals surface area contributed by atoms with Gasteiger partial charge in [0, 0.05) is 24.7 Å². The molecule has 1 aromatic carbocycles. The standard InChI is InChI=1S/C11H6F2N.3C6H5NO2.Ir/c12-9-3-4-10(11(13)6-9)8-2-1-5-14-7-8;3*8-6(9)5-3-1-2-4-7-5;/h1-6H;3*1-4H,(H,8,9);/q-1;;;;+3/p-3. The molecule has 4 heterocycles. The maximum absolute atomic E-state index is 13.2. The van der Waals surface area contributed by atoms with Crippen molar-refractivity contribution < 1.29 is 58.6 Å². The minimum absolute atomic E-state index is 0. The van der Waals surface area contributed by atoms with E-state index in [-0.39, 0.29) is 37.2 Å². The van der Waals surface area contributed by atoms with Gasteiger partial charge in [-0.3, -0.25) is 15.0 Å². The zero-order chi connectivity index (χ0) is 30.0. The fourth-order valence-electron chi connectivity index (χ4n) is 2.63. The molecular formula is C29H18F2IrN4O6-. The molecule has 0 aliphatic heterocycles. The first-order valence-electron chi connectivity index (χ1n) is 11.3. The predicted octanol–water partition coefficient (Wildman–Crippen LogP) is 1.16. The van der Waals surface area contributed by atoms with Gasteiger partial charge in [0.05, 0.1) is 40.8 Å². The predicted molar refractivity (Wildman–Crippen MR) is 134 cm³/mol. The number of nitrogens with zero attached hydrogens (tertiary/aromatic N) is 4. The van der Waals surface area contributed by atoms with Gasteiger partial charge in [0.2, 0.25) is 0 Å². The van der Waals surface area contributed by atoms with Gasteiger partial charge in [0.15, 0.2) is 0 Å². The zero-order valence-corrected chi connectivity index (χ0v) is 23.6. The third-order valence-electron chi connectivity index (χ3n) is 4.45. The molecule has 0 unspecified atom stereocenters. The molecule has 0 radical (unpaired) electrons. The van der Waals surface area contributed by atoms with Crippen molar-refractivity contribution in [1.29, 1.82) is 0 Å². The van der Waals surface area contributed by atoms with Crippen LogP contribution in [0.5, 0.6) is 0 Å².